The molecule has 0 bridgehead atoms. The summed E-state index contributed by atoms with van der Waals surface area (Å²) >= 11 is 5.32. The Kier molecular flexibility index (Phi) is 3.28. The van der Waals surface area contributed by atoms with E-state index in [1.165, 1.54) is 13.2 Å². The molecule has 102 valence electrons. The fourth-order valence-electron chi connectivity index (χ4n) is 2.24. The highest BCUT2D eigenvalue weighted by Gasteiger charge is 2.10. The zero-order valence-electron chi connectivity index (χ0n) is 10.9. The molecule has 1 N–H and O–H groups in total. The summed E-state index contributed by atoms with van der Waals surface area (Å²) in [6.45, 7) is 0.633. The van der Waals surface area contributed by atoms with Crippen LogP contribution in [0.15, 0.2) is 42.5 Å². The van der Waals surface area contributed by atoms with Crippen LogP contribution in [0.1, 0.15) is 5.56 Å². The molecule has 0 saturated heterocycles. The quantitative estimate of drug-likeness (QED) is 0.741. The number of ether oxygens (including phenoxy) is 1. The highest BCUT2D eigenvalue weighted by Crippen LogP contribution is 2.25. The fourth-order valence-corrected chi connectivity index (χ4v) is 2.51. The van der Waals surface area contributed by atoms with Crippen LogP contribution in [0.5, 0.6) is 5.75 Å². The lowest BCUT2D eigenvalue weighted by Gasteiger charge is -2.06. The van der Waals surface area contributed by atoms with Gasteiger partial charge in [-0.15, -0.1) is 0 Å². The molecule has 0 spiro atoms. The van der Waals surface area contributed by atoms with Crippen molar-refractivity contribution >= 4 is 23.3 Å². The largest absolute Gasteiger partial charge is 0.494 e. The first-order chi connectivity index (χ1) is 9.69. The molecule has 0 saturated carbocycles. The number of halogens is 1. The molecule has 0 aliphatic heterocycles. The van der Waals surface area contributed by atoms with Crippen molar-refractivity contribution < 1.29 is 9.13 Å². The Morgan fingerprint density at radius 1 is 1.25 bits per heavy atom. The molecule has 0 radical (unpaired) electrons. The number of methoxy groups -OCH3 is 1. The van der Waals surface area contributed by atoms with Gasteiger partial charge in [0.2, 0.25) is 0 Å². The van der Waals surface area contributed by atoms with Gasteiger partial charge in [0.05, 0.1) is 24.7 Å². The minimum Gasteiger partial charge on any atom is -0.494 e. The molecule has 3 nitrogen and oxygen atoms in total. The second-order valence-electron chi connectivity index (χ2n) is 4.51. The molecule has 3 aromatic rings. The molecule has 3 rings (SSSR count). The Hall–Kier alpha value is -2.14. The van der Waals surface area contributed by atoms with E-state index in [9.17, 15) is 4.39 Å². The summed E-state index contributed by atoms with van der Waals surface area (Å²) < 4.78 is 21.2. The van der Waals surface area contributed by atoms with E-state index in [0.29, 0.717) is 16.8 Å². The topological polar surface area (TPSA) is 29.9 Å². The third-order valence-electron chi connectivity index (χ3n) is 3.23. The molecule has 0 aliphatic carbocycles. The molecule has 1 heterocycles. The second kappa shape index (κ2) is 5.09. The second-order valence-corrected chi connectivity index (χ2v) is 4.89. The van der Waals surface area contributed by atoms with E-state index in [4.69, 9.17) is 17.0 Å². The van der Waals surface area contributed by atoms with Gasteiger partial charge >= 0.3 is 0 Å². The summed E-state index contributed by atoms with van der Waals surface area (Å²) in [5.41, 5.74) is 2.63. The van der Waals surface area contributed by atoms with Crippen LogP contribution in [-0.2, 0) is 6.54 Å². The number of rotatable bonds is 3. The summed E-state index contributed by atoms with van der Waals surface area (Å²) in [6.07, 6.45) is 0. The van der Waals surface area contributed by atoms with Crippen LogP contribution in [0, 0.1) is 10.6 Å². The van der Waals surface area contributed by atoms with Crippen molar-refractivity contribution in [2.24, 2.45) is 0 Å². The van der Waals surface area contributed by atoms with Crippen LogP contribution in [0.2, 0.25) is 0 Å². The van der Waals surface area contributed by atoms with Gasteiger partial charge in [-0.3, -0.25) is 0 Å². The Balaban J connectivity index is 2.15. The van der Waals surface area contributed by atoms with Gasteiger partial charge in [-0.2, -0.15) is 0 Å². The average molecular weight is 288 g/mol. The maximum atomic E-state index is 13.7. The van der Waals surface area contributed by atoms with Crippen molar-refractivity contribution in [2.75, 3.05) is 7.11 Å². The highest BCUT2D eigenvalue weighted by molar-refractivity contribution is 7.71. The lowest BCUT2D eigenvalue weighted by molar-refractivity contribution is 0.387. The van der Waals surface area contributed by atoms with Gasteiger partial charge in [-0.05, 0) is 17.8 Å². The van der Waals surface area contributed by atoms with Gasteiger partial charge in [0.1, 0.15) is 0 Å². The minimum atomic E-state index is -0.400. The summed E-state index contributed by atoms with van der Waals surface area (Å²) in [7, 11) is 1.45. The lowest BCUT2D eigenvalue weighted by Crippen LogP contribution is -1.99. The fraction of sp³-hybridized carbons (Fsp3) is 0.133. The Bertz CT molecular complexity index is 808. The number of benzene rings is 2. The monoisotopic (exact) mass is 288 g/mol. The van der Waals surface area contributed by atoms with Crippen LogP contribution in [0.4, 0.5) is 4.39 Å². The van der Waals surface area contributed by atoms with E-state index in [0.717, 1.165) is 11.1 Å². The third-order valence-corrected chi connectivity index (χ3v) is 3.55. The molecular formula is C15H13FN2OS. The maximum absolute atomic E-state index is 13.7. The first-order valence-corrected chi connectivity index (χ1v) is 6.60. The van der Waals surface area contributed by atoms with E-state index in [1.54, 1.807) is 6.07 Å². The number of aromatic nitrogens is 2. The first kappa shape index (κ1) is 12.9. The summed E-state index contributed by atoms with van der Waals surface area (Å²) in [6, 6.07) is 13.1. The van der Waals surface area contributed by atoms with E-state index < -0.39 is 5.82 Å². The normalized spacial score (nSPS) is 10.9. The number of aromatic amines is 1. The first-order valence-electron chi connectivity index (χ1n) is 6.19. The van der Waals surface area contributed by atoms with Gasteiger partial charge in [-0.1, -0.05) is 30.3 Å². The van der Waals surface area contributed by atoms with Gasteiger partial charge < -0.3 is 14.3 Å². The number of fused-ring (bicyclic) bond motifs is 1. The molecule has 0 aliphatic rings. The highest BCUT2D eigenvalue weighted by atomic mass is 32.1. The van der Waals surface area contributed by atoms with Crippen LogP contribution < -0.4 is 4.74 Å². The zero-order chi connectivity index (χ0) is 14.1. The number of nitrogens with one attached hydrogen (secondary N) is 1. The molecule has 0 unspecified atom stereocenters. The number of imidazole rings is 1. The minimum absolute atomic E-state index is 0.216. The lowest BCUT2D eigenvalue weighted by atomic mass is 10.2. The zero-order valence-corrected chi connectivity index (χ0v) is 11.7. The predicted molar refractivity (Wildman–Crippen MR) is 79.2 cm³/mol. The molecule has 1 aromatic heterocycles. The van der Waals surface area contributed by atoms with E-state index in [-0.39, 0.29) is 5.75 Å². The van der Waals surface area contributed by atoms with E-state index in [2.05, 4.69) is 4.98 Å². The maximum Gasteiger partial charge on any atom is 0.178 e. The van der Waals surface area contributed by atoms with Gasteiger partial charge in [0, 0.05) is 12.1 Å². The summed E-state index contributed by atoms with van der Waals surface area (Å²) in [5, 5.41) is 0. The molecule has 0 atom stereocenters. The molecular weight excluding hydrogens is 275 g/mol. The Labute approximate surface area is 120 Å². The Morgan fingerprint density at radius 2 is 2.00 bits per heavy atom. The van der Waals surface area contributed by atoms with E-state index in [1.807, 2.05) is 34.9 Å². The van der Waals surface area contributed by atoms with Gasteiger partial charge in [-0.25, -0.2) is 4.39 Å². The third kappa shape index (κ3) is 2.20. The van der Waals surface area contributed by atoms with Crippen molar-refractivity contribution in [3.8, 4) is 5.75 Å². The SMILES string of the molecule is COc1cc2c(cc1F)[nH]c(=S)n2Cc1ccccc1. The van der Waals surface area contributed by atoms with Crippen LogP contribution in [-0.4, -0.2) is 16.7 Å². The molecule has 20 heavy (non-hydrogen) atoms. The number of nitrogens with zero attached hydrogens (tertiary/aromatic N) is 1. The van der Waals surface area contributed by atoms with Crippen LogP contribution >= 0.6 is 12.2 Å². The van der Waals surface area contributed by atoms with Crippen molar-refractivity contribution in [3.05, 3.63) is 58.6 Å². The molecule has 5 heteroatoms. The molecule has 2 aromatic carbocycles. The van der Waals surface area contributed by atoms with Crippen molar-refractivity contribution in [3.63, 3.8) is 0 Å². The van der Waals surface area contributed by atoms with Crippen molar-refractivity contribution in [1.29, 1.82) is 0 Å². The van der Waals surface area contributed by atoms with Gasteiger partial charge in [0.25, 0.3) is 0 Å². The molecule has 0 fully saturated rings. The molecule has 0 amide bonds. The standard InChI is InChI=1S/C15H13FN2OS/c1-19-14-8-13-12(7-11(14)16)17-15(20)18(13)9-10-5-3-2-4-6-10/h2-8H,9H2,1H3,(H,17,20). The van der Waals surface area contributed by atoms with Crippen LogP contribution in [0.25, 0.3) is 11.0 Å². The van der Waals surface area contributed by atoms with Crippen LogP contribution in [0.3, 0.4) is 0 Å². The van der Waals surface area contributed by atoms with E-state index >= 15 is 0 Å². The summed E-state index contributed by atoms with van der Waals surface area (Å²) in [4.78, 5) is 3.02. The van der Waals surface area contributed by atoms with Crippen molar-refractivity contribution in [2.45, 2.75) is 6.54 Å². The average Bonchev–Trinajstić information content (AvgIpc) is 2.74. The van der Waals surface area contributed by atoms with Gasteiger partial charge in [0.15, 0.2) is 16.3 Å². The van der Waals surface area contributed by atoms with Crippen molar-refractivity contribution in [1.82, 2.24) is 9.55 Å². The predicted octanol–water partition coefficient (Wildman–Crippen LogP) is 3.89. The number of hydrogen-bond donors (Lipinski definition) is 1. The number of hydrogen-bond acceptors (Lipinski definition) is 2. The summed E-state index contributed by atoms with van der Waals surface area (Å²) in [5.74, 6) is -0.184. The number of H-pyrrole nitrogens is 1. The Morgan fingerprint density at radius 3 is 2.70 bits per heavy atom. The smallest absolute Gasteiger partial charge is 0.178 e.